The highest BCUT2D eigenvalue weighted by Crippen LogP contribution is 2.20. The molecule has 104 valence electrons. The number of aromatic nitrogens is 1. The molecule has 0 atom stereocenters. The largest absolute Gasteiger partial charge is 0.444 e. The first-order valence-electron chi connectivity index (χ1n) is 6.31. The number of rotatable bonds is 1. The fourth-order valence-electron chi connectivity index (χ4n) is 2.02. The van der Waals surface area contributed by atoms with Crippen molar-refractivity contribution < 1.29 is 18.8 Å². The molecule has 6 heteroatoms. The summed E-state index contributed by atoms with van der Waals surface area (Å²) in [6.07, 6.45) is 1.46. The number of hydrogen-bond acceptors (Lipinski definition) is 5. The Balaban J connectivity index is 2.05. The SMILES string of the molecule is CC(C)(C)OC(=O)N1CCc2onc(C=O)c2CC1. The molecule has 2 rings (SSSR count). The summed E-state index contributed by atoms with van der Waals surface area (Å²) < 4.78 is 10.5. The lowest BCUT2D eigenvalue weighted by Gasteiger charge is -2.26. The van der Waals surface area contributed by atoms with Crippen LogP contribution in [-0.4, -0.2) is 41.1 Å². The molecule has 2 heterocycles. The summed E-state index contributed by atoms with van der Waals surface area (Å²) in [6, 6.07) is 0. The topological polar surface area (TPSA) is 72.6 Å². The number of carbonyl (C=O) groups excluding carboxylic acids is 2. The second kappa shape index (κ2) is 5.03. The maximum Gasteiger partial charge on any atom is 0.410 e. The Labute approximate surface area is 111 Å². The van der Waals surface area contributed by atoms with Crippen LogP contribution < -0.4 is 0 Å². The normalized spacial score (nSPS) is 15.6. The zero-order valence-corrected chi connectivity index (χ0v) is 11.4. The van der Waals surface area contributed by atoms with Crippen LogP contribution in [0.5, 0.6) is 0 Å². The molecule has 1 aromatic heterocycles. The molecule has 6 nitrogen and oxygen atoms in total. The minimum Gasteiger partial charge on any atom is -0.444 e. The minimum atomic E-state index is -0.508. The maximum atomic E-state index is 12.0. The standard InChI is InChI=1S/C13H18N2O4/c1-13(2,3)18-12(17)15-6-4-9-10(8-16)14-19-11(9)5-7-15/h8H,4-7H2,1-3H3. The van der Waals surface area contributed by atoms with Crippen LogP contribution in [0.4, 0.5) is 4.79 Å². The Hall–Kier alpha value is -1.85. The van der Waals surface area contributed by atoms with Crippen LogP contribution in [0.1, 0.15) is 42.6 Å². The first-order chi connectivity index (χ1) is 8.90. The van der Waals surface area contributed by atoms with E-state index in [9.17, 15) is 9.59 Å². The Kier molecular flexibility index (Phi) is 3.59. The van der Waals surface area contributed by atoms with Crippen molar-refractivity contribution in [1.29, 1.82) is 0 Å². The summed E-state index contributed by atoms with van der Waals surface area (Å²) in [4.78, 5) is 24.4. The summed E-state index contributed by atoms with van der Waals surface area (Å²) in [5.74, 6) is 0.688. The number of aldehydes is 1. The van der Waals surface area contributed by atoms with E-state index >= 15 is 0 Å². The van der Waals surface area contributed by atoms with Gasteiger partial charge in [0, 0.05) is 25.1 Å². The number of ether oxygens (including phenoxy) is 1. The molecule has 0 bridgehead atoms. The molecule has 0 aliphatic carbocycles. The first kappa shape index (κ1) is 13.6. The average molecular weight is 266 g/mol. The van der Waals surface area contributed by atoms with Crippen LogP contribution in [0.25, 0.3) is 0 Å². The zero-order chi connectivity index (χ0) is 14.0. The van der Waals surface area contributed by atoms with Crippen LogP contribution in [0.2, 0.25) is 0 Å². The fourth-order valence-corrected chi connectivity index (χ4v) is 2.02. The number of fused-ring (bicyclic) bond motifs is 1. The lowest BCUT2D eigenvalue weighted by molar-refractivity contribution is 0.0257. The van der Waals surface area contributed by atoms with Gasteiger partial charge in [-0.1, -0.05) is 5.16 Å². The van der Waals surface area contributed by atoms with E-state index in [1.807, 2.05) is 20.8 Å². The molecule has 0 radical (unpaired) electrons. The van der Waals surface area contributed by atoms with Crippen LogP contribution in [0.15, 0.2) is 4.52 Å². The third-order valence-electron chi connectivity index (χ3n) is 2.90. The van der Waals surface area contributed by atoms with Crippen molar-refractivity contribution in [3.05, 3.63) is 17.0 Å². The van der Waals surface area contributed by atoms with Gasteiger partial charge in [0.25, 0.3) is 0 Å². The Morgan fingerprint density at radius 2 is 2.05 bits per heavy atom. The Morgan fingerprint density at radius 1 is 1.37 bits per heavy atom. The van der Waals surface area contributed by atoms with Gasteiger partial charge in [0.15, 0.2) is 6.29 Å². The first-order valence-corrected chi connectivity index (χ1v) is 6.31. The van der Waals surface area contributed by atoms with E-state index in [1.54, 1.807) is 4.90 Å². The third kappa shape index (κ3) is 3.13. The van der Waals surface area contributed by atoms with Gasteiger partial charge in [0.1, 0.15) is 17.1 Å². The van der Waals surface area contributed by atoms with Gasteiger partial charge in [-0.15, -0.1) is 0 Å². The van der Waals surface area contributed by atoms with Gasteiger partial charge < -0.3 is 14.2 Å². The van der Waals surface area contributed by atoms with Gasteiger partial charge in [-0.3, -0.25) is 4.79 Å². The smallest absolute Gasteiger partial charge is 0.410 e. The van der Waals surface area contributed by atoms with E-state index in [1.165, 1.54) is 0 Å². The highest BCUT2D eigenvalue weighted by molar-refractivity contribution is 5.74. The predicted octanol–water partition coefficient (Wildman–Crippen LogP) is 1.82. The highest BCUT2D eigenvalue weighted by Gasteiger charge is 2.27. The molecular formula is C13H18N2O4. The number of carbonyl (C=O) groups is 2. The van der Waals surface area contributed by atoms with Gasteiger partial charge in [-0.2, -0.15) is 0 Å². The second-order valence-electron chi connectivity index (χ2n) is 5.55. The van der Waals surface area contributed by atoms with Gasteiger partial charge in [-0.05, 0) is 27.2 Å². The molecule has 0 unspecified atom stereocenters. The van der Waals surface area contributed by atoms with Crippen molar-refractivity contribution in [2.24, 2.45) is 0 Å². The molecule has 1 aromatic rings. The molecule has 0 saturated heterocycles. The number of nitrogens with zero attached hydrogens (tertiary/aromatic N) is 2. The second-order valence-corrected chi connectivity index (χ2v) is 5.55. The number of amides is 1. The Bertz CT molecular complexity index is 487. The lowest BCUT2D eigenvalue weighted by Crippen LogP contribution is -2.38. The van der Waals surface area contributed by atoms with E-state index in [2.05, 4.69) is 5.16 Å². The average Bonchev–Trinajstić information content (AvgIpc) is 2.57. The Morgan fingerprint density at radius 3 is 2.68 bits per heavy atom. The molecule has 0 aromatic carbocycles. The van der Waals surface area contributed by atoms with Crippen molar-refractivity contribution in [2.45, 2.75) is 39.2 Å². The van der Waals surface area contributed by atoms with Crippen molar-refractivity contribution in [3.8, 4) is 0 Å². The maximum absolute atomic E-state index is 12.0. The fraction of sp³-hybridized carbons (Fsp3) is 0.615. The van der Waals surface area contributed by atoms with Crippen molar-refractivity contribution in [3.63, 3.8) is 0 Å². The molecule has 0 N–H and O–H groups in total. The van der Waals surface area contributed by atoms with E-state index in [0.717, 1.165) is 5.56 Å². The summed E-state index contributed by atoms with van der Waals surface area (Å²) in [6.45, 7) is 6.52. The van der Waals surface area contributed by atoms with Crippen molar-refractivity contribution in [2.75, 3.05) is 13.1 Å². The van der Waals surface area contributed by atoms with E-state index in [-0.39, 0.29) is 6.09 Å². The van der Waals surface area contributed by atoms with Crippen molar-refractivity contribution in [1.82, 2.24) is 10.1 Å². The summed E-state index contributed by atoms with van der Waals surface area (Å²) in [7, 11) is 0. The van der Waals surface area contributed by atoms with E-state index in [4.69, 9.17) is 9.26 Å². The quantitative estimate of drug-likeness (QED) is 0.725. The van der Waals surface area contributed by atoms with Gasteiger partial charge >= 0.3 is 6.09 Å². The minimum absolute atomic E-state index is 0.334. The molecular weight excluding hydrogens is 248 g/mol. The summed E-state index contributed by atoms with van der Waals surface area (Å²) in [5.41, 5.74) is 0.632. The summed E-state index contributed by atoms with van der Waals surface area (Å²) >= 11 is 0. The molecule has 19 heavy (non-hydrogen) atoms. The molecule has 1 aliphatic heterocycles. The van der Waals surface area contributed by atoms with Crippen LogP contribution in [-0.2, 0) is 17.6 Å². The van der Waals surface area contributed by atoms with Gasteiger partial charge in [0.05, 0.1) is 0 Å². The van der Waals surface area contributed by atoms with E-state index < -0.39 is 5.60 Å². The highest BCUT2D eigenvalue weighted by atomic mass is 16.6. The summed E-state index contributed by atoms with van der Waals surface area (Å²) in [5, 5.41) is 3.71. The lowest BCUT2D eigenvalue weighted by atomic mass is 10.1. The molecule has 0 spiro atoms. The van der Waals surface area contributed by atoms with Crippen LogP contribution >= 0.6 is 0 Å². The van der Waals surface area contributed by atoms with Gasteiger partial charge in [0.2, 0.25) is 0 Å². The molecule has 1 amide bonds. The third-order valence-corrected chi connectivity index (χ3v) is 2.90. The monoisotopic (exact) mass is 266 g/mol. The van der Waals surface area contributed by atoms with Gasteiger partial charge in [-0.25, -0.2) is 4.79 Å². The molecule has 0 saturated carbocycles. The van der Waals surface area contributed by atoms with Crippen LogP contribution in [0.3, 0.4) is 0 Å². The van der Waals surface area contributed by atoms with Crippen LogP contribution in [0, 0.1) is 0 Å². The zero-order valence-electron chi connectivity index (χ0n) is 11.4. The molecule has 1 aliphatic rings. The number of hydrogen-bond donors (Lipinski definition) is 0. The van der Waals surface area contributed by atoms with E-state index in [0.29, 0.717) is 43.7 Å². The molecule has 0 fully saturated rings. The predicted molar refractivity (Wildman–Crippen MR) is 67.1 cm³/mol. The van der Waals surface area contributed by atoms with Crippen molar-refractivity contribution >= 4 is 12.4 Å².